The molecule has 308 valence electrons. The molecule has 7 aromatic rings. The maximum atomic E-state index is 15.2. The summed E-state index contributed by atoms with van der Waals surface area (Å²) in [6.45, 7) is 23.1. The average Bonchev–Trinajstić information content (AvgIpc) is 3.22. The number of nitrogens with zero attached hydrogens (tertiary/aromatic N) is 2. The van der Waals surface area contributed by atoms with Crippen LogP contribution < -0.4 is 9.80 Å². The maximum Gasteiger partial charge on any atom is 0.266 e. The quantitative estimate of drug-likeness (QED) is 0.0550. The fourth-order valence-electron chi connectivity index (χ4n) is 9.88. The molecule has 7 heteroatoms. The lowest BCUT2D eigenvalue weighted by Crippen LogP contribution is -2.42. The van der Waals surface area contributed by atoms with Gasteiger partial charge in [-0.15, -0.1) is 12.0 Å². The van der Waals surface area contributed by atoms with Gasteiger partial charge in [-0.05, 0) is 81.0 Å². The minimum Gasteiger partial charge on any atom is -0.268 e. The molecule has 0 aliphatic carbocycles. The highest BCUT2D eigenvalue weighted by molar-refractivity contribution is 6.84. The van der Waals surface area contributed by atoms with Gasteiger partial charge in [0.05, 0.1) is 22.5 Å². The van der Waals surface area contributed by atoms with Crippen LogP contribution in [0, 0.1) is 23.8 Å². The van der Waals surface area contributed by atoms with Crippen molar-refractivity contribution in [1.29, 1.82) is 0 Å². The maximum absolute atomic E-state index is 15.2. The van der Waals surface area contributed by atoms with Crippen LogP contribution in [0.2, 0.25) is 19.6 Å². The molecule has 4 amide bonds. The zero-order valence-electron chi connectivity index (χ0n) is 37.3. The van der Waals surface area contributed by atoms with Gasteiger partial charge in [0.25, 0.3) is 23.6 Å². The van der Waals surface area contributed by atoms with Crippen molar-refractivity contribution < 1.29 is 19.2 Å². The number of fused-ring (bicyclic) bond motifs is 2. The smallest absolute Gasteiger partial charge is 0.266 e. The monoisotopic (exact) mass is 830 g/mol. The second-order valence-corrected chi connectivity index (χ2v) is 24.0. The summed E-state index contributed by atoms with van der Waals surface area (Å²) in [5.74, 6) is 5.04. The number of hydrogen-bond donors (Lipinski definition) is 0. The van der Waals surface area contributed by atoms with Crippen LogP contribution in [0.4, 0.5) is 11.4 Å². The summed E-state index contributed by atoms with van der Waals surface area (Å²) in [4.78, 5) is 63.2. The molecule has 0 saturated carbocycles. The topological polar surface area (TPSA) is 74.8 Å². The fraction of sp³-hybridized carbons (Fsp3) is 0.273. The number of amides is 4. The number of carbonyl (C=O) groups excluding carboxylic acids is 4. The van der Waals surface area contributed by atoms with Crippen molar-refractivity contribution in [3.8, 4) is 23.8 Å². The molecule has 2 aliphatic heterocycles. The van der Waals surface area contributed by atoms with Crippen molar-refractivity contribution in [1.82, 2.24) is 0 Å². The Bertz CT molecular complexity index is 3240. The largest absolute Gasteiger partial charge is 0.268 e. The highest BCUT2D eigenvalue weighted by Gasteiger charge is 2.41. The zero-order valence-corrected chi connectivity index (χ0v) is 38.3. The number of anilines is 2. The first-order chi connectivity index (χ1) is 29.4. The van der Waals surface area contributed by atoms with Crippen LogP contribution in [0.5, 0.6) is 0 Å². The van der Waals surface area contributed by atoms with Gasteiger partial charge in [0.2, 0.25) is 0 Å². The molecule has 2 aliphatic rings. The third-order valence-electron chi connectivity index (χ3n) is 12.7. The van der Waals surface area contributed by atoms with Crippen LogP contribution in [0.15, 0.2) is 72.8 Å². The Morgan fingerprint density at radius 2 is 0.823 bits per heavy atom. The Kier molecular flexibility index (Phi) is 9.40. The van der Waals surface area contributed by atoms with Crippen molar-refractivity contribution in [3.63, 3.8) is 0 Å². The van der Waals surface area contributed by atoms with Crippen LogP contribution in [0.1, 0.15) is 154 Å². The molecule has 0 spiro atoms. The lowest BCUT2D eigenvalue weighted by Gasteiger charge is -2.34. The van der Waals surface area contributed by atoms with Gasteiger partial charge in [0.15, 0.2) is 0 Å². The molecule has 0 radical (unpaired) electrons. The molecule has 0 saturated heterocycles. The predicted molar refractivity (Wildman–Crippen MR) is 257 cm³/mol. The summed E-state index contributed by atoms with van der Waals surface area (Å²) in [5.41, 5.74) is 11.2. The summed E-state index contributed by atoms with van der Waals surface area (Å²) in [6, 6.07) is 23.1. The van der Waals surface area contributed by atoms with Gasteiger partial charge in [0, 0.05) is 54.6 Å². The van der Waals surface area contributed by atoms with E-state index in [1.165, 1.54) is 9.80 Å². The summed E-state index contributed by atoms with van der Waals surface area (Å²) >= 11 is 0. The number of carbonyl (C=O) groups is 4. The van der Waals surface area contributed by atoms with Crippen molar-refractivity contribution >= 4 is 86.2 Å². The Balaban J connectivity index is 1.40. The Morgan fingerprint density at radius 3 is 1.18 bits per heavy atom. The first kappa shape index (κ1) is 40.8. The summed E-state index contributed by atoms with van der Waals surface area (Å²) in [7, 11) is -1.98. The van der Waals surface area contributed by atoms with E-state index < -0.39 is 25.8 Å². The van der Waals surface area contributed by atoms with E-state index in [-0.39, 0.29) is 29.6 Å². The van der Waals surface area contributed by atoms with E-state index in [0.717, 1.165) is 43.8 Å². The SMILES string of the molecule is C#Cc1cc2c3c(ccc4c5c(C#C[Si](C)(C)C)cc6c7c(ccc(c1c34)c75)C(=O)N(c1c(C(C)C)cccc1C(C)C)C6=O)C(=O)N(c1c(C(C)C)cccc1C(C)C)C2=O. The fourth-order valence-corrected chi connectivity index (χ4v) is 10.4. The van der Waals surface area contributed by atoms with Gasteiger partial charge >= 0.3 is 0 Å². The molecule has 0 aromatic heterocycles. The minimum absolute atomic E-state index is 0.0460. The van der Waals surface area contributed by atoms with Gasteiger partial charge in [-0.25, -0.2) is 9.80 Å². The average molecular weight is 831 g/mol. The number of benzene rings is 7. The van der Waals surface area contributed by atoms with Crippen molar-refractivity contribution in [2.75, 3.05) is 9.80 Å². The molecular weight excluding hydrogens is 781 g/mol. The van der Waals surface area contributed by atoms with E-state index in [0.29, 0.717) is 66.3 Å². The van der Waals surface area contributed by atoms with Crippen LogP contribution in [0.3, 0.4) is 0 Å². The van der Waals surface area contributed by atoms with Gasteiger partial charge in [-0.2, -0.15) is 0 Å². The number of rotatable bonds is 6. The van der Waals surface area contributed by atoms with Crippen LogP contribution in [-0.2, 0) is 0 Å². The van der Waals surface area contributed by atoms with Crippen molar-refractivity contribution in [2.45, 2.75) is 98.7 Å². The van der Waals surface area contributed by atoms with Gasteiger partial charge < -0.3 is 0 Å². The van der Waals surface area contributed by atoms with Crippen LogP contribution in [-0.4, -0.2) is 31.7 Å². The molecule has 0 unspecified atom stereocenters. The Morgan fingerprint density at radius 1 is 0.468 bits per heavy atom. The van der Waals surface area contributed by atoms with Gasteiger partial charge in [-0.1, -0.05) is 135 Å². The third-order valence-corrected chi connectivity index (χ3v) is 13.6. The number of para-hydroxylation sites is 2. The molecule has 0 fully saturated rings. The summed E-state index contributed by atoms with van der Waals surface area (Å²) in [6.07, 6.45) is 6.42. The highest BCUT2D eigenvalue weighted by Crippen LogP contribution is 2.50. The first-order valence-electron chi connectivity index (χ1n) is 21.7. The van der Waals surface area contributed by atoms with E-state index in [1.54, 1.807) is 6.07 Å². The zero-order chi connectivity index (χ0) is 44.4. The normalized spacial score (nSPS) is 14.2. The standard InChI is InChI=1S/C55H50N2O4Si/c1-13-32-26-42-46-40(52(58)56(54(42)60)50-34(28(2)3)16-14-17-35(50)29(4)5)23-21-39-45-33(24-25-62(10,11)12)27-43-47-41(22-20-38(49(45)47)44(32)48(39)46)53(59)57(55(43)61)51-36(30(6)7)18-15-19-37(51)31(8)9/h1,14-23,26-31H,2-12H3. The molecule has 0 N–H and O–H groups in total. The highest BCUT2D eigenvalue weighted by atomic mass is 28.3. The second kappa shape index (κ2) is 14.3. The van der Waals surface area contributed by atoms with E-state index in [1.807, 2.05) is 66.7 Å². The van der Waals surface area contributed by atoms with Crippen LogP contribution in [0.25, 0.3) is 43.1 Å². The Labute approximate surface area is 364 Å². The lowest BCUT2D eigenvalue weighted by molar-refractivity contribution is 0.0877. The van der Waals surface area contributed by atoms with Gasteiger partial charge in [0.1, 0.15) is 8.07 Å². The molecule has 6 nitrogen and oxygen atoms in total. The predicted octanol–water partition coefficient (Wildman–Crippen LogP) is 13.0. The summed E-state index contributed by atoms with van der Waals surface area (Å²) in [5, 5.41) is 5.46. The Hall–Kier alpha value is -6.54. The molecule has 62 heavy (non-hydrogen) atoms. The molecule has 0 atom stereocenters. The number of hydrogen-bond acceptors (Lipinski definition) is 4. The summed E-state index contributed by atoms with van der Waals surface area (Å²) < 4.78 is 0. The second-order valence-electron chi connectivity index (χ2n) is 19.2. The number of terminal acetylenes is 1. The van der Waals surface area contributed by atoms with Crippen molar-refractivity contribution in [2.24, 2.45) is 0 Å². The minimum atomic E-state index is -1.98. The molecule has 2 heterocycles. The van der Waals surface area contributed by atoms with Crippen LogP contribution >= 0.6 is 0 Å². The van der Waals surface area contributed by atoms with E-state index in [9.17, 15) is 0 Å². The molecular formula is C55H50N2O4Si. The third kappa shape index (κ3) is 5.79. The number of imide groups is 2. The van der Waals surface area contributed by atoms with E-state index >= 15 is 19.2 Å². The van der Waals surface area contributed by atoms with Gasteiger partial charge in [-0.3, -0.25) is 19.2 Å². The molecule has 9 rings (SSSR count). The lowest BCUT2D eigenvalue weighted by atomic mass is 9.79. The van der Waals surface area contributed by atoms with E-state index in [2.05, 4.69) is 92.4 Å². The van der Waals surface area contributed by atoms with E-state index in [4.69, 9.17) is 6.42 Å². The first-order valence-corrected chi connectivity index (χ1v) is 25.2. The van der Waals surface area contributed by atoms with Crippen molar-refractivity contribution in [3.05, 3.63) is 128 Å². The molecule has 7 aromatic carbocycles. The molecule has 0 bridgehead atoms.